The summed E-state index contributed by atoms with van der Waals surface area (Å²) in [4.78, 5) is 0. The molecule has 0 aromatic heterocycles. The molecule has 0 bridgehead atoms. The van der Waals surface area contributed by atoms with E-state index in [0.717, 1.165) is 12.1 Å². The molecule has 0 aliphatic heterocycles. The second kappa shape index (κ2) is 5.66. The molecule has 0 radical (unpaired) electrons. The monoisotopic (exact) mass is 260 g/mol. The smallest absolute Gasteiger partial charge is 0.129 e. The van der Waals surface area contributed by atoms with Gasteiger partial charge in [0.05, 0.1) is 5.69 Å². The summed E-state index contributed by atoms with van der Waals surface area (Å²) in [5.74, 6) is 0. The molecular formula is C18H16N2. The van der Waals surface area contributed by atoms with Crippen molar-refractivity contribution >= 4 is 5.69 Å². The van der Waals surface area contributed by atoms with Gasteiger partial charge in [0, 0.05) is 6.42 Å². The Kier molecular flexibility index (Phi) is 3.55. The predicted molar refractivity (Wildman–Crippen MR) is 82.0 cm³/mol. The third-order valence-corrected chi connectivity index (χ3v) is 3.42. The van der Waals surface area contributed by atoms with E-state index in [0.29, 0.717) is 0 Å². The first-order valence-electron chi connectivity index (χ1n) is 6.77. The summed E-state index contributed by atoms with van der Waals surface area (Å²) in [5, 5.41) is 9.06. The van der Waals surface area contributed by atoms with Crippen molar-refractivity contribution in [3.8, 4) is 0 Å². The Morgan fingerprint density at radius 1 is 0.800 bits per heavy atom. The van der Waals surface area contributed by atoms with Gasteiger partial charge in [-0.2, -0.15) is 10.2 Å². The van der Waals surface area contributed by atoms with Gasteiger partial charge < -0.3 is 0 Å². The molecule has 0 fully saturated rings. The van der Waals surface area contributed by atoms with Gasteiger partial charge in [-0.25, -0.2) is 0 Å². The fraction of sp³-hybridized carbons (Fsp3) is 0.111. The van der Waals surface area contributed by atoms with E-state index in [4.69, 9.17) is 0 Å². The normalized spacial score (nSPS) is 21.4. The molecule has 1 atom stereocenters. The van der Waals surface area contributed by atoms with Gasteiger partial charge in [-0.15, -0.1) is 0 Å². The number of hydrogen-bond acceptors (Lipinski definition) is 2. The van der Waals surface area contributed by atoms with Crippen LogP contribution in [0.4, 0.5) is 5.69 Å². The van der Waals surface area contributed by atoms with Crippen molar-refractivity contribution in [2.24, 2.45) is 10.2 Å². The zero-order valence-electron chi connectivity index (χ0n) is 11.2. The molecular weight excluding hydrogens is 244 g/mol. The van der Waals surface area contributed by atoms with Gasteiger partial charge in [0.25, 0.3) is 0 Å². The summed E-state index contributed by atoms with van der Waals surface area (Å²) in [7, 11) is 0. The van der Waals surface area contributed by atoms with Crippen LogP contribution in [0.3, 0.4) is 0 Å². The van der Waals surface area contributed by atoms with Crippen molar-refractivity contribution < 1.29 is 0 Å². The van der Waals surface area contributed by atoms with E-state index in [9.17, 15) is 0 Å². The lowest BCUT2D eigenvalue weighted by Crippen LogP contribution is -2.20. The lowest BCUT2D eigenvalue weighted by Gasteiger charge is -2.26. The number of azo groups is 1. The summed E-state index contributed by atoms with van der Waals surface area (Å²) in [6.07, 6.45) is 9.19. The van der Waals surface area contributed by atoms with E-state index >= 15 is 0 Å². The summed E-state index contributed by atoms with van der Waals surface area (Å²) < 4.78 is 0. The summed E-state index contributed by atoms with van der Waals surface area (Å²) in [6, 6.07) is 20.2. The van der Waals surface area contributed by atoms with Crippen molar-refractivity contribution in [2.45, 2.75) is 12.0 Å². The number of nitrogens with zero attached hydrogens (tertiary/aromatic N) is 2. The predicted octanol–water partition coefficient (Wildman–Crippen LogP) is 5.18. The van der Waals surface area contributed by atoms with Crippen molar-refractivity contribution in [3.05, 3.63) is 90.5 Å². The van der Waals surface area contributed by atoms with E-state index in [1.807, 2.05) is 54.6 Å². The van der Waals surface area contributed by atoms with Gasteiger partial charge in [-0.1, -0.05) is 72.8 Å². The highest BCUT2D eigenvalue weighted by Crippen LogP contribution is 2.35. The molecule has 0 N–H and O–H groups in total. The Bertz CT molecular complexity index is 642. The van der Waals surface area contributed by atoms with Crippen LogP contribution in [0.15, 0.2) is 95.2 Å². The standard InChI is InChI=1S/C18H16N2/c1-4-10-16(11-5-1)18(14-8-3-9-15-18)20-19-17-12-6-2-7-13-17/h1-14H,15H2. The molecule has 2 nitrogen and oxygen atoms in total. The second-order valence-corrected chi connectivity index (χ2v) is 4.82. The zero-order chi connectivity index (χ0) is 13.7. The number of allylic oxidation sites excluding steroid dienone is 2. The third-order valence-electron chi connectivity index (χ3n) is 3.42. The Morgan fingerprint density at radius 3 is 2.15 bits per heavy atom. The minimum absolute atomic E-state index is 0.383. The van der Waals surface area contributed by atoms with E-state index in [2.05, 4.69) is 40.6 Å². The van der Waals surface area contributed by atoms with Crippen LogP contribution in [0, 0.1) is 0 Å². The van der Waals surface area contributed by atoms with E-state index in [1.54, 1.807) is 0 Å². The molecule has 1 unspecified atom stereocenters. The van der Waals surface area contributed by atoms with Gasteiger partial charge in [0.1, 0.15) is 5.54 Å². The van der Waals surface area contributed by atoms with E-state index in [-0.39, 0.29) is 5.54 Å². The molecule has 2 aromatic carbocycles. The lowest BCUT2D eigenvalue weighted by molar-refractivity contribution is 0.539. The Balaban J connectivity index is 1.98. The molecule has 0 spiro atoms. The van der Waals surface area contributed by atoms with Gasteiger partial charge in [-0.05, 0) is 17.7 Å². The average molecular weight is 260 g/mol. The maximum atomic E-state index is 4.64. The average Bonchev–Trinajstić information content (AvgIpc) is 2.56. The maximum Gasteiger partial charge on any atom is 0.129 e. The van der Waals surface area contributed by atoms with E-state index < -0.39 is 0 Å². The first-order chi connectivity index (χ1) is 9.89. The minimum atomic E-state index is -0.383. The molecule has 98 valence electrons. The van der Waals surface area contributed by atoms with Crippen molar-refractivity contribution in [3.63, 3.8) is 0 Å². The van der Waals surface area contributed by atoms with E-state index in [1.165, 1.54) is 5.56 Å². The van der Waals surface area contributed by atoms with Crippen molar-refractivity contribution in [1.82, 2.24) is 0 Å². The molecule has 3 rings (SSSR count). The fourth-order valence-corrected chi connectivity index (χ4v) is 2.32. The molecule has 0 saturated carbocycles. The zero-order valence-corrected chi connectivity index (χ0v) is 11.2. The first-order valence-corrected chi connectivity index (χ1v) is 6.77. The summed E-state index contributed by atoms with van der Waals surface area (Å²) >= 11 is 0. The topological polar surface area (TPSA) is 24.7 Å². The minimum Gasteiger partial charge on any atom is -0.172 e. The van der Waals surface area contributed by atoms with Gasteiger partial charge in [-0.3, -0.25) is 0 Å². The molecule has 0 amide bonds. The largest absolute Gasteiger partial charge is 0.172 e. The van der Waals surface area contributed by atoms with Crippen LogP contribution in [0.25, 0.3) is 0 Å². The highest BCUT2D eigenvalue weighted by atomic mass is 15.1. The number of hydrogen-bond donors (Lipinski definition) is 0. The molecule has 20 heavy (non-hydrogen) atoms. The molecule has 0 saturated heterocycles. The van der Waals surface area contributed by atoms with Crippen LogP contribution in [0.1, 0.15) is 12.0 Å². The maximum absolute atomic E-state index is 4.64. The third kappa shape index (κ3) is 2.59. The molecule has 1 aliphatic rings. The van der Waals surface area contributed by atoms with Crippen LogP contribution < -0.4 is 0 Å². The van der Waals surface area contributed by atoms with Crippen molar-refractivity contribution in [2.75, 3.05) is 0 Å². The van der Waals surface area contributed by atoms with Gasteiger partial charge >= 0.3 is 0 Å². The lowest BCUT2D eigenvalue weighted by atomic mass is 9.85. The summed E-state index contributed by atoms with van der Waals surface area (Å²) in [6.45, 7) is 0. The SMILES string of the molecule is C1=CCC(N=Nc2ccccc2)(c2ccccc2)C=C1. The molecule has 0 heterocycles. The van der Waals surface area contributed by atoms with Crippen molar-refractivity contribution in [1.29, 1.82) is 0 Å². The van der Waals surface area contributed by atoms with Crippen LogP contribution in [0.5, 0.6) is 0 Å². The van der Waals surface area contributed by atoms with Gasteiger partial charge in [0.15, 0.2) is 0 Å². The number of rotatable bonds is 3. The van der Waals surface area contributed by atoms with Crippen LogP contribution in [-0.2, 0) is 5.54 Å². The quantitative estimate of drug-likeness (QED) is 0.679. The summed E-state index contributed by atoms with van der Waals surface area (Å²) in [5.41, 5.74) is 1.66. The highest BCUT2D eigenvalue weighted by Gasteiger charge is 2.29. The Hall–Kier alpha value is -2.48. The second-order valence-electron chi connectivity index (χ2n) is 4.82. The molecule has 2 heteroatoms. The first kappa shape index (κ1) is 12.5. The van der Waals surface area contributed by atoms with Crippen LogP contribution in [-0.4, -0.2) is 0 Å². The van der Waals surface area contributed by atoms with Gasteiger partial charge in [0.2, 0.25) is 0 Å². The van der Waals surface area contributed by atoms with Crippen LogP contribution in [0.2, 0.25) is 0 Å². The molecule has 1 aliphatic carbocycles. The highest BCUT2D eigenvalue weighted by molar-refractivity contribution is 5.37. The Labute approximate surface area is 119 Å². The fourth-order valence-electron chi connectivity index (χ4n) is 2.32. The number of benzene rings is 2. The Morgan fingerprint density at radius 2 is 1.50 bits per heavy atom. The van der Waals surface area contributed by atoms with Crippen LogP contribution >= 0.6 is 0 Å². The molecule has 2 aromatic rings.